The van der Waals surface area contributed by atoms with Gasteiger partial charge in [0.1, 0.15) is 0 Å². The van der Waals surface area contributed by atoms with Gasteiger partial charge in [-0.3, -0.25) is 28.5 Å². The van der Waals surface area contributed by atoms with Crippen molar-refractivity contribution in [1.29, 1.82) is 0 Å². The number of hydrogen-bond acceptors (Lipinski definition) is 7. The lowest BCUT2D eigenvalue weighted by Gasteiger charge is -2.34. The molecule has 0 radical (unpaired) electrons. The van der Waals surface area contributed by atoms with Crippen molar-refractivity contribution >= 4 is 55.1 Å². The second-order valence-corrected chi connectivity index (χ2v) is 13.7. The van der Waals surface area contributed by atoms with Crippen molar-refractivity contribution in [2.24, 2.45) is 11.8 Å². The first-order valence-corrected chi connectivity index (χ1v) is 17.0. The lowest BCUT2D eigenvalue weighted by atomic mass is 10.1. The fraction of sp³-hybridized carbons (Fsp3) is 0.500. The third-order valence-corrected chi connectivity index (χ3v) is 10.4. The van der Waals surface area contributed by atoms with Crippen LogP contribution in [0.3, 0.4) is 0 Å². The topological polar surface area (TPSA) is 98.7 Å². The summed E-state index contributed by atoms with van der Waals surface area (Å²) in [6, 6.07) is 15.3. The largest absolute Gasteiger partial charge is 0.342 e. The summed E-state index contributed by atoms with van der Waals surface area (Å²) in [4.78, 5) is 53.1. The molecule has 228 valence electrons. The van der Waals surface area contributed by atoms with E-state index in [1.165, 1.54) is 42.3 Å². The maximum Gasteiger partial charge on any atom is 0.269 e. The summed E-state index contributed by atoms with van der Waals surface area (Å²) >= 11 is 2.90. The second-order valence-electron chi connectivity index (χ2n) is 11.8. The van der Waals surface area contributed by atoms with Crippen molar-refractivity contribution < 1.29 is 9.59 Å². The molecule has 4 aliphatic rings. The van der Waals surface area contributed by atoms with Crippen LogP contribution in [-0.4, -0.2) is 74.1 Å². The average Bonchev–Trinajstić information content (AvgIpc) is 4.00. The zero-order valence-corrected chi connectivity index (χ0v) is 26.0. The van der Waals surface area contributed by atoms with Crippen molar-refractivity contribution in [3.05, 3.63) is 69.2 Å². The highest BCUT2D eigenvalue weighted by Gasteiger charge is 2.35. The summed E-state index contributed by atoms with van der Waals surface area (Å²) in [6.45, 7) is 5.94. The summed E-state index contributed by atoms with van der Waals surface area (Å²) in [5.74, 6) is 1.49. The maximum absolute atomic E-state index is 12.4. The molecule has 0 unspecified atom stereocenters. The van der Waals surface area contributed by atoms with Gasteiger partial charge in [-0.25, -0.2) is 3.96 Å². The van der Waals surface area contributed by atoms with Crippen LogP contribution < -0.4 is 11.1 Å². The fourth-order valence-corrected chi connectivity index (χ4v) is 7.36. The van der Waals surface area contributed by atoms with Crippen LogP contribution >= 0.6 is 23.1 Å². The number of benzene rings is 2. The molecule has 0 bridgehead atoms. The summed E-state index contributed by atoms with van der Waals surface area (Å²) in [5.41, 5.74) is 0.109. The van der Waals surface area contributed by atoms with Crippen LogP contribution in [0.1, 0.15) is 44.9 Å². The van der Waals surface area contributed by atoms with Gasteiger partial charge in [-0.15, -0.1) is 0 Å². The molecule has 2 amide bonds. The van der Waals surface area contributed by atoms with E-state index in [-0.39, 0.29) is 11.1 Å². The fourth-order valence-electron chi connectivity index (χ4n) is 5.59. The number of carbonyl (C=O) groups is 2. The van der Waals surface area contributed by atoms with Crippen molar-refractivity contribution in [1.82, 2.24) is 23.0 Å². The van der Waals surface area contributed by atoms with Gasteiger partial charge in [0.15, 0.2) is 0 Å². The Bertz CT molecular complexity index is 1670. The van der Waals surface area contributed by atoms with E-state index in [9.17, 15) is 19.2 Å². The Kier molecular flexibility index (Phi) is 9.40. The van der Waals surface area contributed by atoms with Gasteiger partial charge in [0.25, 0.3) is 11.1 Å². The maximum atomic E-state index is 12.4. The molecule has 43 heavy (non-hydrogen) atoms. The predicted octanol–water partition coefficient (Wildman–Crippen LogP) is 4.57. The molecule has 0 atom stereocenters. The monoisotopic (exact) mass is 621 g/mol. The molecule has 0 spiro atoms. The number of amides is 2. The van der Waals surface area contributed by atoms with Crippen LogP contribution in [0, 0.1) is 11.8 Å². The SMILES string of the molecule is O=C(C1CC1)N1CCCCC1.O=C(C1CC1)N1CCN(Cn2sc3ccccc3c2=O)CC1.O=c1[nH]sc2ccccc12. The smallest absolute Gasteiger partial charge is 0.269 e. The van der Waals surface area contributed by atoms with Crippen LogP contribution in [0.4, 0.5) is 0 Å². The highest BCUT2D eigenvalue weighted by molar-refractivity contribution is 7.14. The molecule has 4 aromatic rings. The van der Waals surface area contributed by atoms with Gasteiger partial charge in [0.2, 0.25) is 11.8 Å². The Morgan fingerprint density at radius 2 is 1.26 bits per heavy atom. The van der Waals surface area contributed by atoms with Crippen LogP contribution in [0.15, 0.2) is 58.1 Å². The van der Waals surface area contributed by atoms with Gasteiger partial charge in [0.05, 0.1) is 26.8 Å². The molecule has 2 saturated carbocycles. The van der Waals surface area contributed by atoms with Gasteiger partial charge >= 0.3 is 0 Å². The molecule has 4 heterocycles. The van der Waals surface area contributed by atoms with Crippen LogP contribution in [0.5, 0.6) is 0 Å². The molecule has 2 aromatic carbocycles. The Labute approximate surface area is 259 Å². The summed E-state index contributed by atoms with van der Waals surface area (Å²) in [7, 11) is 0. The number of likely N-dealkylation sites (tertiary alicyclic amines) is 1. The number of nitrogens with one attached hydrogen (secondary N) is 1. The number of piperazine rings is 1. The Balaban J connectivity index is 0.000000130. The molecule has 4 fully saturated rings. The first-order valence-electron chi connectivity index (χ1n) is 15.4. The van der Waals surface area contributed by atoms with E-state index in [1.807, 2.05) is 57.4 Å². The van der Waals surface area contributed by atoms with Crippen molar-refractivity contribution in [3.63, 3.8) is 0 Å². The number of aromatic nitrogens is 2. The van der Waals surface area contributed by atoms with Crippen LogP contribution in [-0.2, 0) is 16.3 Å². The number of nitrogens with zero attached hydrogens (tertiary/aromatic N) is 4. The molecule has 2 aromatic heterocycles. The average molecular weight is 622 g/mol. The molecular weight excluding hydrogens is 583 g/mol. The highest BCUT2D eigenvalue weighted by atomic mass is 32.1. The quantitative estimate of drug-likeness (QED) is 0.360. The molecule has 2 saturated heterocycles. The zero-order valence-electron chi connectivity index (χ0n) is 24.4. The first-order chi connectivity index (χ1) is 21.0. The van der Waals surface area contributed by atoms with Gasteiger partial charge in [0, 0.05) is 51.1 Å². The number of H-pyrrole nitrogens is 1. The van der Waals surface area contributed by atoms with E-state index < -0.39 is 0 Å². The standard InChI is InChI=1S/C16H19N3O2S.C9H15NO.C7H5NOS/c20-15(12-5-6-12)18-9-7-17(8-10-18)11-19-16(21)13-3-1-2-4-14(13)22-19;11-9(8-4-5-8)10-6-2-1-3-7-10;9-7-5-3-1-2-4-6(5)10-8-7/h1-4,12H,5-11H2;8H,1-7H2;1-4H,(H,8,9). The van der Waals surface area contributed by atoms with Crippen molar-refractivity contribution in [2.45, 2.75) is 51.6 Å². The summed E-state index contributed by atoms with van der Waals surface area (Å²) in [6.07, 6.45) is 8.18. The number of hydrogen-bond donors (Lipinski definition) is 1. The molecule has 8 rings (SSSR count). The minimum absolute atomic E-state index is 0.0144. The minimum atomic E-state index is 0.0144. The lowest BCUT2D eigenvalue weighted by molar-refractivity contribution is -0.134. The number of carbonyl (C=O) groups excluding carboxylic acids is 2. The van der Waals surface area contributed by atoms with E-state index >= 15 is 0 Å². The predicted molar refractivity (Wildman–Crippen MR) is 173 cm³/mol. The molecular formula is C32H39N5O4S2. The van der Waals surface area contributed by atoms with Crippen molar-refractivity contribution in [2.75, 3.05) is 39.3 Å². The van der Waals surface area contributed by atoms with Crippen LogP contribution in [0.2, 0.25) is 0 Å². The molecule has 1 N–H and O–H groups in total. The normalized spacial score (nSPS) is 19.0. The number of rotatable bonds is 4. The Hall–Kier alpha value is -3.28. The van der Waals surface area contributed by atoms with Gasteiger partial charge in [-0.1, -0.05) is 47.3 Å². The van der Waals surface area contributed by atoms with E-state index in [2.05, 4.69) is 14.2 Å². The van der Waals surface area contributed by atoms with E-state index in [4.69, 9.17) is 0 Å². The van der Waals surface area contributed by atoms with E-state index in [0.29, 0.717) is 30.3 Å². The third-order valence-electron chi connectivity index (χ3n) is 8.47. The number of aromatic amines is 1. The third kappa shape index (κ3) is 7.45. The van der Waals surface area contributed by atoms with Gasteiger partial charge in [-0.2, -0.15) is 0 Å². The zero-order chi connectivity index (χ0) is 29.8. The first kappa shape index (κ1) is 29.8. The van der Waals surface area contributed by atoms with Crippen molar-refractivity contribution in [3.8, 4) is 0 Å². The molecule has 2 aliphatic carbocycles. The Morgan fingerprint density at radius 1 is 0.698 bits per heavy atom. The second kappa shape index (κ2) is 13.6. The van der Waals surface area contributed by atoms with Gasteiger partial charge < -0.3 is 9.80 Å². The van der Waals surface area contributed by atoms with E-state index in [0.717, 1.165) is 85.1 Å². The van der Waals surface area contributed by atoms with Gasteiger partial charge in [-0.05, 0) is 69.2 Å². The summed E-state index contributed by atoms with van der Waals surface area (Å²) in [5, 5.41) is 1.59. The highest BCUT2D eigenvalue weighted by Crippen LogP contribution is 2.32. The summed E-state index contributed by atoms with van der Waals surface area (Å²) < 4.78 is 6.54. The molecule has 9 nitrogen and oxygen atoms in total. The molecule has 2 aliphatic heterocycles. The molecule has 11 heteroatoms. The minimum Gasteiger partial charge on any atom is -0.342 e. The number of piperidine rings is 1. The number of fused-ring (bicyclic) bond motifs is 2. The van der Waals surface area contributed by atoms with E-state index in [1.54, 1.807) is 0 Å². The Morgan fingerprint density at radius 3 is 1.84 bits per heavy atom. The lowest BCUT2D eigenvalue weighted by Crippen LogP contribution is -2.49. The van der Waals surface area contributed by atoms with Crippen LogP contribution in [0.25, 0.3) is 20.2 Å².